The third kappa shape index (κ3) is 6.77. The van der Waals surface area contributed by atoms with Gasteiger partial charge in [0.25, 0.3) is 0 Å². The van der Waals surface area contributed by atoms with E-state index in [0.717, 1.165) is 6.42 Å². The van der Waals surface area contributed by atoms with Gasteiger partial charge in [-0.3, -0.25) is 0 Å². The summed E-state index contributed by atoms with van der Waals surface area (Å²) in [5.74, 6) is 0. The summed E-state index contributed by atoms with van der Waals surface area (Å²) in [7, 11) is 0.0576. The molecule has 4 aromatic rings. The Morgan fingerprint density at radius 1 is 0.968 bits per heavy atom. The van der Waals surface area contributed by atoms with E-state index in [1.807, 2.05) is 25.1 Å². The average Bonchev–Trinajstić information content (AvgIpc) is 3.37. The van der Waals surface area contributed by atoms with E-state index in [1.54, 1.807) is 6.08 Å². The maximum atomic E-state index is 3.46. The topological polar surface area (TPSA) is 0 Å². The van der Waals surface area contributed by atoms with Crippen LogP contribution in [-0.2, 0) is 32.6 Å². The summed E-state index contributed by atoms with van der Waals surface area (Å²) in [6.45, 7) is 10.0. The molecule has 0 amide bonds. The summed E-state index contributed by atoms with van der Waals surface area (Å²) in [5.41, 5.74) is 5.51. The van der Waals surface area contributed by atoms with Crippen molar-refractivity contribution in [2.24, 2.45) is 0 Å². The summed E-state index contributed by atoms with van der Waals surface area (Å²) in [4.78, 5) is 0. The molecule has 1 aliphatic carbocycles. The Balaban J connectivity index is 0.000000178. The van der Waals surface area contributed by atoms with E-state index in [4.69, 9.17) is 0 Å². The Labute approximate surface area is 208 Å². The molecule has 0 unspecified atom stereocenters. The molecular formula is C29H29PZr. The van der Waals surface area contributed by atoms with E-state index >= 15 is 0 Å². The van der Waals surface area contributed by atoms with E-state index in [-0.39, 0.29) is 34.1 Å². The van der Waals surface area contributed by atoms with E-state index in [2.05, 4.69) is 98.8 Å². The SMILES string of the molecule is C=CC=CC.CP(C)c1cc2ccccc2[cH-]1.[Zr+2].[c-]1cccc2c1Cc1ccccc1-2. The molecule has 0 N–H and O–H groups in total. The summed E-state index contributed by atoms with van der Waals surface area (Å²) < 4.78 is 0. The molecule has 0 saturated carbocycles. The van der Waals surface area contributed by atoms with Crippen molar-refractivity contribution < 1.29 is 26.2 Å². The zero-order valence-corrected chi connectivity index (χ0v) is 22.0. The monoisotopic (exact) mass is 498 g/mol. The Bertz CT molecular complexity index is 1060. The van der Waals surface area contributed by atoms with Crippen LogP contribution in [0.5, 0.6) is 0 Å². The first-order valence-corrected chi connectivity index (χ1v) is 12.5. The molecule has 154 valence electrons. The maximum Gasteiger partial charge on any atom is 2.00 e. The molecular weight excluding hydrogens is 471 g/mol. The number of rotatable bonds is 2. The Kier molecular flexibility index (Phi) is 10.5. The summed E-state index contributed by atoms with van der Waals surface area (Å²) in [6.07, 6.45) is 6.62. The summed E-state index contributed by atoms with van der Waals surface area (Å²) in [5, 5.41) is 4.26. The molecule has 31 heavy (non-hydrogen) atoms. The Hall–Kier alpha value is -1.94. The van der Waals surface area contributed by atoms with Crippen LogP contribution < -0.4 is 5.30 Å². The molecule has 0 saturated heterocycles. The zero-order chi connectivity index (χ0) is 21.3. The molecule has 0 fully saturated rings. The van der Waals surface area contributed by atoms with Crippen LogP contribution in [-0.4, -0.2) is 13.3 Å². The minimum atomic E-state index is 0. The molecule has 0 aromatic heterocycles. The van der Waals surface area contributed by atoms with Crippen LogP contribution in [0.25, 0.3) is 21.9 Å². The fraction of sp³-hybridized carbons (Fsp3) is 0.138. The number of hydrogen-bond donors (Lipinski definition) is 0. The second kappa shape index (κ2) is 12.8. The van der Waals surface area contributed by atoms with Crippen molar-refractivity contribution in [2.45, 2.75) is 13.3 Å². The predicted molar refractivity (Wildman–Crippen MR) is 136 cm³/mol. The number of fused-ring (bicyclic) bond motifs is 4. The van der Waals surface area contributed by atoms with Crippen molar-refractivity contribution in [3.8, 4) is 11.1 Å². The third-order valence-corrected chi connectivity index (χ3v) is 6.36. The molecule has 4 aromatic carbocycles. The van der Waals surface area contributed by atoms with Gasteiger partial charge in [0, 0.05) is 0 Å². The minimum absolute atomic E-state index is 0. The van der Waals surface area contributed by atoms with Crippen molar-refractivity contribution in [2.75, 3.05) is 13.3 Å². The molecule has 0 aliphatic heterocycles. The van der Waals surface area contributed by atoms with Gasteiger partial charge in [-0.15, -0.1) is 53.8 Å². The van der Waals surface area contributed by atoms with Crippen molar-refractivity contribution in [3.63, 3.8) is 0 Å². The van der Waals surface area contributed by atoms with Crippen LogP contribution >= 0.6 is 7.92 Å². The van der Waals surface area contributed by atoms with Gasteiger partial charge in [-0.05, 0) is 26.7 Å². The van der Waals surface area contributed by atoms with E-state index in [1.165, 1.54) is 38.3 Å². The second-order valence-corrected chi connectivity index (χ2v) is 9.70. The van der Waals surface area contributed by atoms with Crippen molar-refractivity contribution >= 4 is 24.0 Å². The van der Waals surface area contributed by atoms with Crippen LogP contribution in [0.3, 0.4) is 0 Å². The predicted octanol–water partition coefficient (Wildman–Crippen LogP) is 7.73. The van der Waals surface area contributed by atoms with Gasteiger partial charge in [0.05, 0.1) is 0 Å². The quantitative estimate of drug-likeness (QED) is 0.132. The van der Waals surface area contributed by atoms with E-state index in [9.17, 15) is 0 Å². The first kappa shape index (κ1) is 25.3. The smallest absolute Gasteiger partial charge is 0.179 e. The summed E-state index contributed by atoms with van der Waals surface area (Å²) in [6, 6.07) is 31.3. The van der Waals surface area contributed by atoms with Crippen LogP contribution in [0, 0.1) is 6.07 Å². The maximum absolute atomic E-state index is 3.46. The van der Waals surface area contributed by atoms with Crippen molar-refractivity contribution in [1.82, 2.24) is 0 Å². The standard InChI is InChI=1S/C13H9.C11H12P.C5H8.Zr/c1-3-7-12-10(5-1)9-11-6-2-4-8-13(11)12;1-12(2)11-7-9-5-3-4-6-10(9)8-11;1-3-5-4-2;/h1-5,7-8H,9H2;3-8H,1-2H3;3-5H,1H2,2H3;/q2*-1;;+2. The molecule has 0 spiro atoms. The van der Waals surface area contributed by atoms with Crippen molar-refractivity contribution in [3.05, 3.63) is 121 Å². The van der Waals surface area contributed by atoms with Gasteiger partial charge < -0.3 is 0 Å². The molecule has 0 bridgehead atoms. The van der Waals surface area contributed by atoms with Gasteiger partial charge in [-0.1, -0.05) is 66.3 Å². The zero-order valence-electron chi connectivity index (χ0n) is 18.6. The average molecular weight is 500 g/mol. The van der Waals surface area contributed by atoms with Gasteiger partial charge in [-0.2, -0.15) is 35.9 Å². The second-order valence-electron chi connectivity index (χ2n) is 7.39. The molecule has 2 heteroatoms. The minimum Gasteiger partial charge on any atom is -0.179 e. The molecule has 0 atom stereocenters. The molecule has 1 aliphatic rings. The number of benzene rings is 3. The fourth-order valence-corrected chi connectivity index (χ4v) is 4.32. The first-order valence-electron chi connectivity index (χ1n) is 10.3. The van der Waals surface area contributed by atoms with Crippen LogP contribution in [0.2, 0.25) is 0 Å². The molecule has 5 rings (SSSR count). The van der Waals surface area contributed by atoms with Gasteiger partial charge in [0.1, 0.15) is 0 Å². The Morgan fingerprint density at radius 2 is 1.68 bits per heavy atom. The normalized spacial score (nSPS) is 11.0. The van der Waals surface area contributed by atoms with Gasteiger partial charge in [-0.25, -0.2) is 0 Å². The van der Waals surface area contributed by atoms with Crippen molar-refractivity contribution in [1.29, 1.82) is 0 Å². The fourth-order valence-electron chi connectivity index (χ4n) is 3.53. The Morgan fingerprint density at radius 3 is 2.35 bits per heavy atom. The van der Waals surface area contributed by atoms with Gasteiger partial charge in [0.2, 0.25) is 0 Å². The van der Waals surface area contributed by atoms with Gasteiger partial charge >= 0.3 is 26.2 Å². The van der Waals surface area contributed by atoms with Crippen LogP contribution in [0.4, 0.5) is 0 Å². The largest absolute Gasteiger partial charge is 2.00 e. The molecule has 0 radical (unpaired) electrons. The molecule has 0 heterocycles. The van der Waals surface area contributed by atoms with E-state index in [0.29, 0.717) is 0 Å². The first-order chi connectivity index (χ1) is 14.6. The number of hydrogen-bond acceptors (Lipinski definition) is 0. The van der Waals surface area contributed by atoms with Crippen LogP contribution in [0.1, 0.15) is 18.1 Å². The molecule has 0 nitrogen and oxygen atoms in total. The number of allylic oxidation sites excluding steroid dienone is 3. The van der Waals surface area contributed by atoms with Crippen LogP contribution in [0.15, 0.2) is 104 Å². The third-order valence-electron chi connectivity index (χ3n) is 5.06. The van der Waals surface area contributed by atoms with Gasteiger partial charge in [0.15, 0.2) is 0 Å². The summed E-state index contributed by atoms with van der Waals surface area (Å²) >= 11 is 0. The van der Waals surface area contributed by atoms with E-state index < -0.39 is 0 Å².